The summed E-state index contributed by atoms with van der Waals surface area (Å²) in [4.78, 5) is 10.9. The first-order valence-corrected chi connectivity index (χ1v) is 4.46. The average Bonchev–Trinajstić information content (AvgIpc) is 2.29. The zero-order valence-corrected chi connectivity index (χ0v) is 8.65. The average molecular weight is 215 g/mol. The number of ether oxygens (including phenoxy) is 1. The summed E-state index contributed by atoms with van der Waals surface area (Å²) in [5, 5.41) is 17.2. The number of carboxylic acid groups (broad SMARTS) is 1. The number of hydrogen-bond acceptors (Lipinski definition) is 3. The Hall–Kier alpha value is -2.46. The van der Waals surface area contributed by atoms with Crippen molar-refractivity contribution in [3.8, 4) is 23.7 Å². The standard InChI is InChI=1S/C12H9NO3/c1-16-11-6-5-9(4-2-3-7-13)8-10(11)12(14)15/h5-6,8H,3H2,1H3,(H,14,15). The molecule has 1 rings (SSSR count). The summed E-state index contributed by atoms with van der Waals surface area (Å²) >= 11 is 0. The minimum atomic E-state index is -1.07. The number of rotatable bonds is 2. The van der Waals surface area contributed by atoms with Crippen molar-refractivity contribution in [3.05, 3.63) is 29.3 Å². The molecule has 0 heterocycles. The summed E-state index contributed by atoms with van der Waals surface area (Å²) < 4.78 is 4.91. The molecule has 1 N–H and O–H groups in total. The number of nitriles is 1. The monoisotopic (exact) mass is 215 g/mol. The fraction of sp³-hybridized carbons (Fsp3) is 0.167. The van der Waals surface area contributed by atoms with Crippen LogP contribution in [0.3, 0.4) is 0 Å². The first-order valence-electron chi connectivity index (χ1n) is 4.46. The van der Waals surface area contributed by atoms with Crippen LogP contribution in [0.2, 0.25) is 0 Å². The third-order valence-electron chi connectivity index (χ3n) is 1.83. The van der Waals surface area contributed by atoms with E-state index in [1.54, 1.807) is 12.1 Å². The smallest absolute Gasteiger partial charge is 0.339 e. The number of methoxy groups -OCH3 is 1. The van der Waals surface area contributed by atoms with Crippen LogP contribution in [0.15, 0.2) is 18.2 Å². The highest BCUT2D eigenvalue weighted by atomic mass is 16.5. The molecule has 1 aromatic rings. The fourth-order valence-electron chi connectivity index (χ4n) is 1.14. The van der Waals surface area contributed by atoms with Crippen molar-refractivity contribution < 1.29 is 14.6 Å². The molecule has 0 aliphatic heterocycles. The molecule has 0 saturated heterocycles. The molecule has 0 unspecified atom stereocenters. The number of carbonyl (C=O) groups is 1. The zero-order chi connectivity index (χ0) is 12.0. The number of aromatic carboxylic acids is 1. The van der Waals surface area contributed by atoms with Gasteiger partial charge in [0.2, 0.25) is 0 Å². The molecule has 0 fully saturated rings. The van der Waals surface area contributed by atoms with Crippen molar-refractivity contribution in [2.45, 2.75) is 6.42 Å². The SMILES string of the molecule is COc1ccc(C#CCC#N)cc1C(=O)O. The molecular weight excluding hydrogens is 206 g/mol. The van der Waals surface area contributed by atoms with E-state index < -0.39 is 5.97 Å². The summed E-state index contributed by atoms with van der Waals surface area (Å²) in [5.74, 6) is 4.53. The lowest BCUT2D eigenvalue weighted by molar-refractivity contribution is 0.0693. The summed E-state index contributed by atoms with van der Waals surface area (Å²) in [6.07, 6.45) is 0.119. The fourth-order valence-corrected chi connectivity index (χ4v) is 1.14. The number of hydrogen-bond donors (Lipinski definition) is 1. The second-order valence-corrected chi connectivity index (χ2v) is 2.86. The molecule has 80 valence electrons. The second kappa shape index (κ2) is 5.43. The highest BCUT2D eigenvalue weighted by Crippen LogP contribution is 2.19. The zero-order valence-electron chi connectivity index (χ0n) is 8.65. The van der Waals surface area contributed by atoms with Gasteiger partial charge in [-0.15, -0.1) is 0 Å². The molecule has 0 spiro atoms. The molecule has 4 heteroatoms. The van der Waals surface area contributed by atoms with Crippen LogP contribution in [0.1, 0.15) is 22.3 Å². The normalized spacial score (nSPS) is 8.50. The Morgan fingerprint density at radius 2 is 2.31 bits per heavy atom. The second-order valence-electron chi connectivity index (χ2n) is 2.86. The Morgan fingerprint density at radius 3 is 2.88 bits per heavy atom. The van der Waals surface area contributed by atoms with Crippen molar-refractivity contribution in [1.82, 2.24) is 0 Å². The van der Waals surface area contributed by atoms with Gasteiger partial charge in [-0.2, -0.15) is 5.26 Å². The summed E-state index contributed by atoms with van der Waals surface area (Å²) in [6.45, 7) is 0. The van der Waals surface area contributed by atoms with Crippen molar-refractivity contribution in [2.75, 3.05) is 7.11 Å². The molecule has 0 aliphatic rings. The van der Waals surface area contributed by atoms with E-state index in [1.807, 2.05) is 6.07 Å². The molecule has 0 aromatic heterocycles. The lowest BCUT2D eigenvalue weighted by atomic mass is 10.1. The minimum absolute atomic E-state index is 0.0613. The van der Waals surface area contributed by atoms with Gasteiger partial charge in [-0.25, -0.2) is 4.79 Å². The van der Waals surface area contributed by atoms with Crippen LogP contribution in [0.25, 0.3) is 0 Å². The predicted molar refractivity (Wildman–Crippen MR) is 57.1 cm³/mol. The van der Waals surface area contributed by atoms with Gasteiger partial charge in [-0.3, -0.25) is 0 Å². The number of benzene rings is 1. The van der Waals surface area contributed by atoms with Gasteiger partial charge in [0.1, 0.15) is 11.3 Å². The van der Waals surface area contributed by atoms with E-state index in [0.29, 0.717) is 11.3 Å². The topological polar surface area (TPSA) is 70.3 Å². The Balaban J connectivity index is 3.10. The molecule has 16 heavy (non-hydrogen) atoms. The van der Waals surface area contributed by atoms with Crippen LogP contribution in [-0.4, -0.2) is 18.2 Å². The van der Waals surface area contributed by atoms with Gasteiger partial charge in [0, 0.05) is 5.56 Å². The third kappa shape index (κ3) is 2.76. The van der Waals surface area contributed by atoms with E-state index in [0.717, 1.165) is 0 Å². The molecule has 0 saturated carbocycles. The predicted octanol–water partition coefficient (Wildman–Crippen LogP) is 1.66. The Kier molecular flexibility index (Phi) is 3.94. The first-order chi connectivity index (χ1) is 7.69. The van der Waals surface area contributed by atoms with Crippen LogP contribution in [0.4, 0.5) is 0 Å². The van der Waals surface area contributed by atoms with Gasteiger partial charge in [0.15, 0.2) is 0 Å². The molecule has 0 atom stereocenters. The van der Waals surface area contributed by atoms with E-state index in [1.165, 1.54) is 13.2 Å². The highest BCUT2D eigenvalue weighted by Gasteiger charge is 2.10. The van der Waals surface area contributed by atoms with Crippen molar-refractivity contribution in [2.24, 2.45) is 0 Å². The first kappa shape index (κ1) is 11.6. The minimum Gasteiger partial charge on any atom is -0.496 e. The molecule has 0 amide bonds. The van der Waals surface area contributed by atoms with Crippen molar-refractivity contribution in [3.63, 3.8) is 0 Å². The van der Waals surface area contributed by atoms with E-state index >= 15 is 0 Å². The van der Waals surface area contributed by atoms with Crippen molar-refractivity contribution >= 4 is 5.97 Å². The van der Waals surface area contributed by atoms with Gasteiger partial charge >= 0.3 is 5.97 Å². The molecule has 0 aliphatic carbocycles. The molecular formula is C12H9NO3. The summed E-state index contributed by atoms with van der Waals surface area (Å²) in [6, 6.07) is 6.50. The molecule has 1 aromatic carbocycles. The van der Waals surface area contributed by atoms with Crippen LogP contribution in [0, 0.1) is 23.2 Å². The van der Waals surface area contributed by atoms with Crippen LogP contribution >= 0.6 is 0 Å². The van der Waals surface area contributed by atoms with Gasteiger partial charge in [0.25, 0.3) is 0 Å². The van der Waals surface area contributed by atoms with Crippen LogP contribution < -0.4 is 4.74 Å². The van der Waals surface area contributed by atoms with Gasteiger partial charge < -0.3 is 9.84 Å². The van der Waals surface area contributed by atoms with E-state index in [4.69, 9.17) is 15.1 Å². The Labute approximate surface area is 93.1 Å². The maximum atomic E-state index is 10.9. The highest BCUT2D eigenvalue weighted by molar-refractivity contribution is 5.91. The quantitative estimate of drug-likeness (QED) is 0.761. The summed E-state index contributed by atoms with van der Waals surface area (Å²) in [7, 11) is 1.41. The van der Waals surface area contributed by atoms with E-state index in [2.05, 4.69) is 11.8 Å². The Bertz CT molecular complexity index is 503. The maximum Gasteiger partial charge on any atom is 0.339 e. The van der Waals surface area contributed by atoms with Crippen LogP contribution in [0.5, 0.6) is 5.75 Å². The molecule has 0 radical (unpaired) electrons. The van der Waals surface area contributed by atoms with E-state index in [9.17, 15) is 4.79 Å². The Morgan fingerprint density at radius 1 is 1.56 bits per heavy atom. The molecule has 0 bridgehead atoms. The lowest BCUT2D eigenvalue weighted by Crippen LogP contribution is -2.00. The van der Waals surface area contributed by atoms with Crippen molar-refractivity contribution in [1.29, 1.82) is 5.26 Å². The summed E-state index contributed by atoms with van der Waals surface area (Å²) in [5.41, 5.74) is 0.611. The number of carboxylic acids is 1. The van der Waals surface area contributed by atoms with Gasteiger partial charge in [-0.1, -0.05) is 11.8 Å². The third-order valence-corrected chi connectivity index (χ3v) is 1.83. The van der Waals surface area contributed by atoms with Gasteiger partial charge in [0.05, 0.1) is 19.6 Å². The number of nitrogens with zero attached hydrogens (tertiary/aromatic N) is 1. The molecule has 4 nitrogen and oxygen atoms in total. The van der Waals surface area contributed by atoms with E-state index in [-0.39, 0.29) is 12.0 Å². The van der Waals surface area contributed by atoms with Gasteiger partial charge in [-0.05, 0) is 18.2 Å². The lowest BCUT2D eigenvalue weighted by Gasteiger charge is -2.04. The largest absolute Gasteiger partial charge is 0.496 e. The maximum absolute atomic E-state index is 10.9. The van der Waals surface area contributed by atoms with Crippen LogP contribution in [-0.2, 0) is 0 Å².